The minimum absolute atomic E-state index is 0.0868. The molecular formula is C28H31N5O5S. The van der Waals surface area contributed by atoms with Crippen LogP contribution in [0.15, 0.2) is 52.4 Å². The maximum atomic E-state index is 13.5. The number of carbonyl (C=O) groups excluding carboxylic acids is 3. The monoisotopic (exact) mass is 549 g/mol. The summed E-state index contributed by atoms with van der Waals surface area (Å²) in [5.41, 5.74) is 2.03. The third-order valence-corrected chi connectivity index (χ3v) is 7.91. The van der Waals surface area contributed by atoms with Crippen molar-refractivity contribution in [3.63, 3.8) is 0 Å². The first kappa shape index (κ1) is 26.7. The maximum Gasteiger partial charge on any atom is 0.259 e. The number of nitrogens with zero attached hydrogens (tertiary/aromatic N) is 3. The molecule has 3 amide bonds. The van der Waals surface area contributed by atoms with Crippen molar-refractivity contribution in [2.75, 3.05) is 18.7 Å². The van der Waals surface area contributed by atoms with Gasteiger partial charge in [-0.2, -0.15) is 0 Å². The molecule has 2 aromatic rings. The molecule has 3 heterocycles. The van der Waals surface area contributed by atoms with Crippen molar-refractivity contribution in [3.05, 3.63) is 48.0 Å². The van der Waals surface area contributed by atoms with Crippen LogP contribution in [0.2, 0.25) is 0 Å². The predicted molar refractivity (Wildman–Crippen MR) is 151 cm³/mol. The Hall–Kier alpha value is -3.86. The molecule has 0 bridgehead atoms. The minimum atomic E-state index is -0.684. The van der Waals surface area contributed by atoms with E-state index in [9.17, 15) is 14.4 Å². The number of carbonyl (C=O) groups is 3. The number of nitrogens with one attached hydrogen (secondary N) is 2. The topological polar surface area (TPSA) is 122 Å². The summed E-state index contributed by atoms with van der Waals surface area (Å²) in [6, 6.07) is 12.0. The first-order valence-electron chi connectivity index (χ1n) is 13.2. The van der Waals surface area contributed by atoms with Gasteiger partial charge in [0.05, 0.1) is 10.9 Å². The Morgan fingerprint density at radius 1 is 1.15 bits per heavy atom. The lowest BCUT2D eigenvalue weighted by Crippen LogP contribution is -2.42. The third kappa shape index (κ3) is 5.78. The van der Waals surface area contributed by atoms with Gasteiger partial charge in [0.1, 0.15) is 11.9 Å². The number of thioether (sulfide) groups is 1. The third-order valence-electron chi connectivity index (χ3n) is 6.60. The van der Waals surface area contributed by atoms with Gasteiger partial charge in [0.2, 0.25) is 18.6 Å². The molecule has 3 aliphatic rings. The van der Waals surface area contributed by atoms with Crippen LogP contribution in [-0.2, 0) is 14.4 Å². The zero-order chi connectivity index (χ0) is 27.4. The minimum Gasteiger partial charge on any atom is -0.454 e. The summed E-state index contributed by atoms with van der Waals surface area (Å²) in [6.45, 7) is 4.76. The molecule has 0 fully saturated rings. The highest BCUT2D eigenvalue weighted by Gasteiger charge is 2.42. The lowest BCUT2D eigenvalue weighted by atomic mass is 10.1. The van der Waals surface area contributed by atoms with Crippen molar-refractivity contribution in [1.82, 2.24) is 10.2 Å². The number of rotatable bonds is 10. The van der Waals surface area contributed by atoms with Gasteiger partial charge in [-0.1, -0.05) is 44.2 Å². The van der Waals surface area contributed by atoms with Gasteiger partial charge >= 0.3 is 0 Å². The van der Waals surface area contributed by atoms with E-state index in [1.165, 1.54) is 16.7 Å². The fraction of sp³-hybridized carbons (Fsp3) is 0.393. The number of unbranched alkanes of at least 4 members (excludes halogenated alkanes) is 1. The fourth-order valence-electron chi connectivity index (χ4n) is 4.48. The van der Waals surface area contributed by atoms with E-state index >= 15 is 0 Å². The zero-order valence-electron chi connectivity index (χ0n) is 21.9. The fourth-order valence-corrected chi connectivity index (χ4v) is 5.50. The van der Waals surface area contributed by atoms with E-state index in [2.05, 4.69) is 17.6 Å². The highest BCUT2D eigenvalue weighted by atomic mass is 32.2. The molecule has 5 rings (SSSR count). The number of ether oxygens (including phenoxy) is 2. The molecule has 2 atom stereocenters. The van der Waals surface area contributed by atoms with E-state index in [1.54, 1.807) is 18.2 Å². The van der Waals surface area contributed by atoms with Crippen LogP contribution in [0.1, 0.15) is 51.5 Å². The number of hydrogen-bond acceptors (Lipinski definition) is 8. The van der Waals surface area contributed by atoms with E-state index in [0.29, 0.717) is 53.3 Å². The second-order valence-corrected chi connectivity index (χ2v) is 10.5. The molecule has 11 heteroatoms. The van der Waals surface area contributed by atoms with Crippen molar-refractivity contribution in [1.29, 1.82) is 0 Å². The van der Waals surface area contributed by atoms with Gasteiger partial charge in [-0.05, 0) is 43.5 Å². The van der Waals surface area contributed by atoms with Crippen LogP contribution in [0, 0.1) is 0 Å². The van der Waals surface area contributed by atoms with Crippen molar-refractivity contribution < 1.29 is 23.9 Å². The molecule has 39 heavy (non-hydrogen) atoms. The molecule has 10 nitrogen and oxygen atoms in total. The molecule has 0 spiro atoms. The standard InChI is InChI=1S/C28H31N5O5S/c1-3-5-14-29-24(34)13-11-20-27(36)33-25(31-20)18-8-6-7-9-19(18)32-28(33)39-23(4-2)26(35)30-17-10-12-21-22(15-17)38-16-37-21/h6-10,12,15,20,23H,3-5,11,13-14,16H2,1-2H3,(H,29,34)(H,30,35). The highest BCUT2D eigenvalue weighted by Crippen LogP contribution is 2.37. The van der Waals surface area contributed by atoms with E-state index in [0.717, 1.165) is 18.4 Å². The lowest BCUT2D eigenvalue weighted by molar-refractivity contribution is -0.125. The van der Waals surface area contributed by atoms with Crippen LogP contribution in [0.25, 0.3) is 0 Å². The normalized spacial score (nSPS) is 17.6. The van der Waals surface area contributed by atoms with E-state index in [-0.39, 0.29) is 30.9 Å². The molecule has 0 radical (unpaired) electrons. The number of para-hydroxylation sites is 1. The molecular weight excluding hydrogens is 518 g/mol. The Bertz CT molecular complexity index is 1340. The smallest absolute Gasteiger partial charge is 0.259 e. The molecule has 3 aliphatic heterocycles. The second kappa shape index (κ2) is 11.9. The summed E-state index contributed by atoms with van der Waals surface area (Å²) in [5.74, 6) is 1.19. The highest BCUT2D eigenvalue weighted by molar-refractivity contribution is 8.15. The number of amides is 3. The van der Waals surface area contributed by atoms with Crippen LogP contribution in [0.4, 0.5) is 11.4 Å². The Morgan fingerprint density at radius 3 is 2.79 bits per heavy atom. The summed E-state index contributed by atoms with van der Waals surface area (Å²) in [6.07, 6.45) is 2.94. The molecule has 204 valence electrons. The van der Waals surface area contributed by atoms with E-state index in [4.69, 9.17) is 19.5 Å². The van der Waals surface area contributed by atoms with Crippen molar-refractivity contribution in [3.8, 4) is 11.5 Å². The maximum absolute atomic E-state index is 13.5. The van der Waals surface area contributed by atoms with Crippen LogP contribution < -0.4 is 20.1 Å². The van der Waals surface area contributed by atoms with Crippen LogP contribution in [-0.4, -0.2) is 58.3 Å². The molecule has 2 aromatic carbocycles. The Balaban J connectivity index is 1.31. The van der Waals surface area contributed by atoms with Gasteiger partial charge in [-0.15, -0.1) is 0 Å². The van der Waals surface area contributed by atoms with Gasteiger partial charge in [0.25, 0.3) is 5.91 Å². The van der Waals surface area contributed by atoms with Crippen LogP contribution >= 0.6 is 11.8 Å². The summed E-state index contributed by atoms with van der Waals surface area (Å²) in [4.78, 5) is 50.0. The van der Waals surface area contributed by atoms with Crippen LogP contribution in [0.3, 0.4) is 0 Å². The molecule has 2 unspecified atom stereocenters. The molecule has 0 aliphatic carbocycles. The first-order chi connectivity index (χ1) is 19.0. The summed E-state index contributed by atoms with van der Waals surface area (Å²) in [7, 11) is 0. The van der Waals surface area contributed by atoms with E-state index < -0.39 is 11.3 Å². The number of fused-ring (bicyclic) bond motifs is 4. The SMILES string of the molecule is CCCCNC(=O)CCC1N=C2c3ccccc3N=C(SC(CC)C(=O)Nc3ccc4c(c3)OCO4)N2C1=O. The molecule has 0 aromatic heterocycles. The molecule has 0 saturated heterocycles. The van der Waals surface area contributed by atoms with Gasteiger partial charge in [-0.3, -0.25) is 19.4 Å². The molecule has 0 saturated carbocycles. The van der Waals surface area contributed by atoms with Crippen molar-refractivity contribution in [2.24, 2.45) is 9.98 Å². The zero-order valence-corrected chi connectivity index (χ0v) is 22.8. The van der Waals surface area contributed by atoms with Gasteiger partial charge in [0, 0.05) is 30.3 Å². The predicted octanol–water partition coefficient (Wildman–Crippen LogP) is 4.22. The largest absolute Gasteiger partial charge is 0.454 e. The Kier molecular flexibility index (Phi) is 8.16. The molecule has 2 N–H and O–H groups in total. The summed E-state index contributed by atoms with van der Waals surface area (Å²) >= 11 is 1.23. The average molecular weight is 550 g/mol. The average Bonchev–Trinajstić information content (AvgIpc) is 3.54. The summed E-state index contributed by atoms with van der Waals surface area (Å²) < 4.78 is 10.8. The quantitative estimate of drug-likeness (QED) is 0.428. The Morgan fingerprint density at radius 2 is 1.97 bits per heavy atom. The number of hydrogen-bond donors (Lipinski definition) is 2. The second-order valence-electron chi connectivity index (χ2n) is 9.37. The summed E-state index contributed by atoms with van der Waals surface area (Å²) in [5, 5.41) is 5.71. The van der Waals surface area contributed by atoms with Gasteiger partial charge < -0.3 is 20.1 Å². The lowest BCUT2D eigenvalue weighted by Gasteiger charge is -2.27. The van der Waals surface area contributed by atoms with Crippen molar-refractivity contribution >= 4 is 51.9 Å². The van der Waals surface area contributed by atoms with E-state index in [1.807, 2.05) is 31.2 Å². The van der Waals surface area contributed by atoms with Crippen LogP contribution in [0.5, 0.6) is 11.5 Å². The van der Waals surface area contributed by atoms with Crippen molar-refractivity contribution in [2.45, 2.75) is 57.2 Å². The first-order valence-corrected chi connectivity index (χ1v) is 14.1. The van der Waals surface area contributed by atoms with Gasteiger partial charge in [-0.25, -0.2) is 9.89 Å². The number of benzene rings is 2. The Labute approximate surface area is 231 Å². The number of anilines is 1. The van der Waals surface area contributed by atoms with Gasteiger partial charge in [0.15, 0.2) is 16.7 Å². The number of amidine groups is 2. The number of aliphatic imine (C=N–C) groups is 2.